The molecule has 6 nitrogen and oxygen atoms in total. The second kappa shape index (κ2) is 6.52. The lowest BCUT2D eigenvalue weighted by atomic mass is 10.0. The summed E-state index contributed by atoms with van der Waals surface area (Å²) in [7, 11) is -3.43. The molecule has 1 aliphatic rings. The summed E-state index contributed by atoms with van der Waals surface area (Å²) in [6.45, 7) is 0. The van der Waals surface area contributed by atoms with Crippen molar-refractivity contribution < 1.29 is 18.4 Å². The number of nitrogens with zero attached hydrogens (tertiary/aromatic N) is 1. The van der Waals surface area contributed by atoms with Crippen LogP contribution < -0.4 is 9.46 Å². The number of aryl methyl sites for hydroxylation is 1. The van der Waals surface area contributed by atoms with Gasteiger partial charge >= 0.3 is 0 Å². The predicted molar refractivity (Wildman–Crippen MR) is 92.8 cm³/mol. The number of ether oxygens (including phenoxy) is 1. The molecule has 24 heavy (non-hydrogen) atoms. The van der Waals surface area contributed by atoms with Crippen LogP contribution in [0.3, 0.4) is 0 Å². The molecule has 0 fully saturated rings. The second-order valence-electron chi connectivity index (χ2n) is 5.75. The minimum absolute atomic E-state index is 0.00425. The summed E-state index contributed by atoms with van der Waals surface area (Å²) in [5.41, 5.74) is 2.41. The molecule has 2 N–H and O–H groups in total. The van der Waals surface area contributed by atoms with Crippen LogP contribution in [0.25, 0.3) is 0 Å². The van der Waals surface area contributed by atoms with Gasteiger partial charge in [0.25, 0.3) is 0 Å². The number of sulfonamides is 1. The van der Waals surface area contributed by atoms with Crippen molar-refractivity contribution in [1.82, 2.24) is 0 Å². The molecule has 126 valence electrons. The van der Waals surface area contributed by atoms with E-state index in [1.165, 1.54) is 6.21 Å². The normalized spacial score (nSPS) is 17.0. The molecule has 7 heteroatoms. The molecule has 0 aliphatic heterocycles. The van der Waals surface area contributed by atoms with Gasteiger partial charge in [0, 0.05) is 5.92 Å². The maximum Gasteiger partial charge on any atom is 0.229 e. The van der Waals surface area contributed by atoms with Crippen LogP contribution in [0.15, 0.2) is 47.6 Å². The Morgan fingerprint density at radius 2 is 2.04 bits per heavy atom. The molecule has 0 aromatic heterocycles. The fraction of sp³-hybridized carbons (Fsp3) is 0.235. The van der Waals surface area contributed by atoms with Gasteiger partial charge in [-0.1, -0.05) is 18.2 Å². The van der Waals surface area contributed by atoms with Crippen molar-refractivity contribution in [3.63, 3.8) is 0 Å². The summed E-state index contributed by atoms with van der Waals surface area (Å²) in [6.07, 6.45) is 4.19. The number of oxime groups is 1. The zero-order chi connectivity index (χ0) is 17.2. The lowest BCUT2D eigenvalue weighted by Gasteiger charge is -2.15. The summed E-state index contributed by atoms with van der Waals surface area (Å²) >= 11 is 0. The summed E-state index contributed by atoms with van der Waals surface area (Å²) in [6, 6.07) is 12.8. The van der Waals surface area contributed by atoms with Gasteiger partial charge in [-0.3, -0.25) is 4.72 Å². The van der Waals surface area contributed by atoms with Gasteiger partial charge in [0.05, 0.1) is 18.2 Å². The van der Waals surface area contributed by atoms with E-state index in [-0.39, 0.29) is 5.92 Å². The molecular formula is C17H18N2O4S. The van der Waals surface area contributed by atoms with Crippen molar-refractivity contribution in [2.24, 2.45) is 5.16 Å². The van der Waals surface area contributed by atoms with E-state index in [1.54, 1.807) is 18.2 Å². The van der Waals surface area contributed by atoms with E-state index < -0.39 is 10.0 Å². The molecule has 0 bridgehead atoms. The van der Waals surface area contributed by atoms with E-state index in [0.29, 0.717) is 17.2 Å². The number of anilines is 1. The Balaban J connectivity index is 2.04. The number of hydrogen-bond acceptors (Lipinski definition) is 5. The molecule has 0 amide bonds. The highest BCUT2D eigenvalue weighted by atomic mass is 32.2. The lowest BCUT2D eigenvalue weighted by molar-refractivity contribution is 0.319. The fourth-order valence-corrected chi connectivity index (χ4v) is 3.44. The Labute approximate surface area is 140 Å². The van der Waals surface area contributed by atoms with Crippen LogP contribution in [0.2, 0.25) is 0 Å². The van der Waals surface area contributed by atoms with E-state index >= 15 is 0 Å². The van der Waals surface area contributed by atoms with Gasteiger partial charge < -0.3 is 9.94 Å². The largest absolute Gasteiger partial charge is 0.455 e. The van der Waals surface area contributed by atoms with Crippen molar-refractivity contribution >= 4 is 21.9 Å². The maximum absolute atomic E-state index is 11.7. The first kappa shape index (κ1) is 16.3. The molecular weight excluding hydrogens is 328 g/mol. The van der Waals surface area contributed by atoms with Crippen LogP contribution in [0.1, 0.15) is 23.5 Å². The van der Waals surface area contributed by atoms with Gasteiger partial charge in [0.2, 0.25) is 10.0 Å². The van der Waals surface area contributed by atoms with Crippen molar-refractivity contribution in [3.8, 4) is 11.5 Å². The molecule has 0 spiro atoms. The average Bonchev–Trinajstić information content (AvgIpc) is 2.90. The van der Waals surface area contributed by atoms with Gasteiger partial charge in [-0.25, -0.2) is 8.42 Å². The number of rotatable bonds is 5. The Hall–Kier alpha value is -2.54. The van der Waals surface area contributed by atoms with E-state index in [2.05, 4.69) is 9.88 Å². The van der Waals surface area contributed by atoms with Crippen LogP contribution >= 0.6 is 0 Å². The molecule has 0 saturated carbocycles. The third-order valence-electron chi connectivity index (χ3n) is 3.88. The lowest BCUT2D eigenvalue weighted by Crippen LogP contribution is -2.11. The Morgan fingerprint density at radius 3 is 2.71 bits per heavy atom. The van der Waals surface area contributed by atoms with E-state index in [1.807, 2.05) is 24.3 Å². The smallest absolute Gasteiger partial charge is 0.229 e. The quantitative estimate of drug-likeness (QED) is 0.494. The van der Waals surface area contributed by atoms with Gasteiger partial charge in [-0.2, -0.15) is 0 Å². The standard InChI is InChI=1S/C17H18N2O4S/c1-24(21,22)19-16-9-12-7-8-13(11-18-20)15(12)10-17(16)23-14-5-3-2-4-6-14/h2-6,9-11,13,19-20H,7-8H2,1H3/b18-11-. The summed E-state index contributed by atoms with van der Waals surface area (Å²) in [5, 5.41) is 11.9. The van der Waals surface area contributed by atoms with Gasteiger partial charge in [-0.05, 0) is 48.2 Å². The molecule has 2 aromatic rings. The van der Waals surface area contributed by atoms with Crippen LogP contribution in [0.4, 0.5) is 5.69 Å². The number of benzene rings is 2. The number of para-hydroxylation sites is 1. The molecule has 0 saturated heterocycles. The Kier molecular flexibility index (Phi) is 4.44. The van der Waals surface area contributed by atoms with Gasteiger partial charge in [0.15, 0.2) is 5.75 Å². The second-order valence-corrected chi connectivity index (χ2v) is 7.49. The highest BCUT2D eigenvalue weighted by Crippen LogP contribution is 2.40. The van der Waals surface area contributed by atoms with E-state index in [9.17, 15) is 8.42 Å². The van der Waals surface area contributed by atoms with Gasteiger partial charge in [-0.15, -0.1) is 5.16 Å². The average molecular weight is 346 g/mol. The fourth-order valence-electron chi connectivity index (χ4n) is 2.88. The summed E-state index contributed by atoms with van der Waals surface area (Å²) in [4.78, 5) is 0. The number of nitrogens with one attached hydrogen (secondary N) is 1. The van der Waals surface area contributed by atoms with Crippen molar-refractivity contribution in [3.05, 3.63) is 53.6 Å². The topological polar surface area (TPSA) is 88.0 Å². The zero-order valence-corrected chi connectivity index (χ0v) is 14.0. The molecule has 0 radical (unpaired) electrons. The Bertz CT molecular complexity index is 864. The van der Waals surface area contributed by atoms with Crippen molar-refractivity contribution in [2.75, 3.05) is 11.0 Å². The first-order valence-corrected chi connectivity index (χ1v) is 9.40. The first-order valence-electron chi connectivity index (χ1n) is 7.51. The first-order chi connectivity index (χ1) is 11.5. The molecule has 1 unspecified atom stereocenters. The Morgan fingerprint density at radius 1 is 1.29 bits per heavy atom. The van der Waals surface area contributed by atoms with Crippen molar-refractivity contribution in [1.29, 1.82) is 0 Å². The van der Waals surface area contributed by atoms with Crippen LogP contribution in [0, 0.1) is 0 Å². The minimum atomic E-state index is -3.43. The van der Waals surface area contributed by atoms with Crippen molar-refractivity contribution in [2.45, 2.75) is 18.8 Å². The molecule has 1 aliphatic carbocycles. The molecule has 0 heterocycles. The van der Waals surface area contributed by atoms with Crippen LogP contribution in [-0.4, -0.2) is 26.1 Å². The minimum Gasteiger partial charge on any atom is -0.455 e. The summed E-state index contributed by atoms with van der Waals surface area (Å²) in [5.74, 6) is 1.03. The van der Waals surface area contributed by atoms with Crippen LogP contribution in [-0.2, 0) is 16.4 Å². The number of fused-ring (bicyclic) bond motifs is 1. The highest BCUT2D eigenvalue weighted by molar-refractivity contribution is 7.92. The molecule has 1 atom stereocenters. The third-order valence-corrected chi connectivity index (χ3v) is 4.47. The summed E-state index contributed by atoms with van der Waals surface area (Å²) < 4.78 is 31.7. The zero-order valence-electron chi connectivity index (χ0n) is 13.1. The highest BCUT2D eigenvalue weighted by Gasteiger charge is 2.24. The van der Waals surface area contributed by atoms with E-state index in [4.69, 9.17) is 9.94 Å². The monoisotopic (exact) mass is 346 g/mol. The van der Waals surface area contributed by atoms with Crippen LogP contribution in [0.5, 0.6) is 11.5 Å². The third kappa shape index (κ3) is 3.68. The molecule has 2 aromatic carbocycles. The SMILES string of the molecule is CS(=O)(=O)Nc1cc2c(cc1Oc1ccccc1)C(/C=N\O)CC2. The molecule has 3 rings (SSSR count). The van der Waals surface area contributed by atoms with E-state index in [0.717, 1.165) is 30.2 Å². The number of hydrogen-bond donors (Lipinski definition) is 2. The predicted octanol–water partition coefficient (Wildman–Crippen LogP) is 3.34. The maximum atomic E-state index is 11.7. The van der Waals surface area contributed by atoms with Gasteiger partial charge in [0.1, 0.15) is 5.75 Å².